The van der Waals surface area contributed by atoms with Gasteiger partial charge in [0.05, 0.1) is 35.5 Å². The Kier molecular flexibility index (Phi) is 6.67. The first kappa shape index (κ1) is 22.4. The highest BCUT2D eigenvalue weighted by molar-refractivity contribution is 7.92. The van der Waals surface area contributed by atoms with E-state index in [1.165, 1.54) is 32.4 Å². The molecule has 31 heavy (non-hydrogen) atoms. The zero-order valence-electron chi connectivity index (χ0n) is 16.5. The van der Waals surface area contributed by atoms with Crippen molar-refractivity contribution < 1.29 is 27.1 Å². The van der Waals surface area contributed by atoms with Crippen LogP contribution in [0.15, 0.2) is 65.6 Å². The van der Waals surface area contributed by atoms with Crippen LogP contribution in [-0.4, -0.2) is 28.5 Å². The van der Waals surface area contributed by atoms with E-state index < -0.39 is 21.7 Å². The molecule has 0 radical (unpaired) electrons. The summed E-state index contributed by atoms with van der Waals surface area (Å²) in [6, 6.07) is 13.3. The van der Waals surface area contributed by atoms with Gasteiger partial charge in [-0.2, -0.15) is 0 Å². The highest BCUT2D eigenvalue weighted by Crippen LogP contribution is 2.30. The predicted octanol–water partition coefficient (Wildman–Crippen LogP) is 4.55. The predicted molar refractivity (Wildman–Crippen MR) is 116 cm³/mol. The minimum atomic E-state index is -4.04. The normalized spacial score (nSPS) is 11.0. The van der Waals surface area contributed by atoms with Crippen LogP contribution in [0.5, 0.6) is 11.5 Å². The lowest BCUT2D eigenvalue weighted by molar-refractivity contribution is 0.102. The maximum Gasteiger partial charge on any atom is 0.261 e. The van der Waals surface area contributed by atoms with Gasteiger partial charge in [0.25, 0.3) is 15.9 Å². The van der Waals surface area contributed by atoms with Crippen molar-refractivity contribution in [3.8, 4) is 11.5 Å². The van der Waals surface area contributed by atoms with Crippen LogP contribution in [0.3, 0.4) is 0 Å². The van der Waals surface area contributed by atoms with Crippen molar-refractivity contribution in [2.24, 2.45) is 0 Å². The van der Waals surface area contributed by atoms with Crippen molar-refractivity contribution >= 4 is 38.9 Å². The Labute approximate surface area is 183 Å². The number of hydrogen-bond acceptors (Lipinski definition) is 5. The Morgan fingerprint density at radius 1 is 0.935 bits per heavy atom. The van der Waals surface area contributed by atoms with Gasteiger partial charge in [-0.3, -0.25) is 9.52 Å². The van der Waals surface area contributed by atoms with Crippen LogP contribution in [0.1, 0.15) is 10.4 Å². The Morgan fingerprint density at radius 2 is 1.65 bits per heavy atom. The van der Waals surface area contributed by atoms with E-state index in [4.69, 9.17) is 21.1 Å². The molecule has 0 aromatic heterocycles. The van der Waals surface area contributed by atoms with E-state index in [9.17, 15) is 17.6 Å². The third-order valence-corrected chi connectivity index (χ3v) is 5.96. The molecule has 3 aromatic rings. The zero-order valence-corrected chi connectivity index (χ0v) is 18.1. The molecule has 1 amide bonds. The lowest BCUT2D eigenvalue weighted by Crippen LogP contribution is -2.16. The highest BCUT2D eigenvalue weighted by atomic mass is 35.5. The first-order chi connectivity index (χ1) is 14.7. The summed E-state index contributed by atoms with van der Waals surface area (Å²) in [4.78, 5) is 12.6. The number of benzene rings is 3. The lowest BCUT2D eigenvalue weighted by atomic mass is 10.2. The van der Waals surface area contributed by atoms with Gasteiger partial charge in [-0.25, -0.2) is 12.8 Å². The third kappa shape index (κ3) is 5.25. The molecule has 0 saturated carbocycles. The third-order valence-electron chi connectivity index (χ3n) is 4.25. The molecule has 0 bridgehead atoms. The second-order valence-corrected chi connectivity index (χ2v) is 8.36. The number of methoxy groups -OCH3 is 2. The number of halogens is 2. The number of sulfonamides is 1. The summed E-state index contributed by atoms with van der Waals surface area (Å²) >= 11 is 6.11. The Balaban J connectivity index is 1.85. The van der Waals surface area contributed by atoms with E-state index in [0.717, 1.165) is 24.3 Å². The fraction of sp³-hybridized carbons (Fsp3) is 0.0952. The van der Waals surface area contributed by atoms with E-state index in [2.05, 4.69) is 10.0 Å². The van der Waals surface area contributed by atoms with E-state index >= 15 is 0 Å². The second-order valence-electron chi connectivity index (χ2n) is 6.27. The van der Waals surface area contributed by atoms with Crippen molar-refractivity contribution in [3.05, 3.63) is 77.1 Å². The summed E-state index contributed by atoms with van der Waals surface area (Å²) in [6.07, 6.45) is 0. The van der Waals surface area contributed by atoms with E-state index in [0.29, 0.717) is 17.2 Å². The van der Waals surface area contributed by atoms with Gasteiger partial charge in [0, 0.05) is 11.6 Å². The van der Waals surface area contributed by atoms with Crippen molar-refractivity contribution in [1.82, 2.24) is 0 Å². The molecule has 0 aliphatic carbocycles. The molecule has 0 fully saturated rings. The van der Waals surface area contributed by atoms with Crippen molar-refractivity contribution in [3.63, 3.8) is 0 Å². The molecule has 2 N–H and O–H groups in total. The van der Waals surface area contributed by atoms with Crippen molar-refractivity contribution in [1.29, 1.82) is 0 Å². The monoisotopic (exact) mass is 464 g/mol. The second kappa shape index (κ2) is 9.23. The van der Waals surface area contributed by atoms with Gasteiger partial charge in [0.2, 0.25) is 0 Å². The molecule has 0 spiro atoms. The van der Waals surface area contributed by atoms with Gasteiger partial charge >= 0.3 is 0 Å². The Bertz CT molecular complexity index is 1220. The maximum atomic E-state index is 13.1. The largest absolute Gasteiger partial charge is 0.497 e. The Hall–Kier alpha value is -3.30. The standard InChI is InChI=1S/C21H18ClFN2O5S/c1-29-15-6-10-18(20(12-15)30-2)24-21(26)13-3-9-17(22)19(11-13)25-31(27,28)16-7-4-14(23)5-8-16/h3-12,25H,1-2H3,(H,24,26). The minimum Gasteiger partial charge on any atom is -0.497 e. The summed E-state index contributed by atoms with van der Waals surface area (Å²) in [5.74, 6) is -0.135. The molecule has 3 rings (SSSR count). The first-order valence-corrected chi connectivity index (χ1v) is 10.7. The van der Waals surface area contributed by atoms with Crippen molar-refractivity contribution in [2.75, 3.05) is 24.3 Å². The molecule has 0 unspecified atom stereocenters. The molecule has 0 atom stereocenters. The summed E-state index contributed by atoms with van der Waals surface area (Å²) in [6.45, 7) is 0. The summed E-state index contributed by atoms with van der Waals surface area (Å²) in [7, 11) is -1.08. The number of hydrogen-bond donors (Lipinski definition) is 2. The smallest absolute Gasteiger partial charge is 0.261 e. The Morgan fingerprint density at radius 3 is 2.29 bits per heavy atom. The number of amides is 1. The fourth-order valence-electron chi connectivity index (χ4n) is 2.66. The molecule has 0 aliphatic heterocycles. The van der Waals surface area contributed by atoms with Gasteiger partial charge in [-0.05, 0) is 54.6 Å². The number of rotatable bonds is 7. The first-order valence-electron chi connectivity index (χ1n) is 8.85. The van der Waals surface area contributed by atoms with E-state index in [-0.39, 0.29) is 21.2 Å². The molecule has 0 heterocycles. The van der Waals surface area contributed by atoms with Gasteiger partial charge in [-0.1, -0.05) is 11.6 Å². The molecular formula is C21H18ClFN2O5S. The quantitative estimate of drug-likeness (QED) is 0.535. The van der Waals surface area contributed by atoms with Crippen molar-refractivity contribution in [2.45, 2.75) is 4.90 Å². The maximum absolute atomic E-state index is 13.1. The molecule has 3 aromatic carbocycles. The fourth-order valence-corrected chi connectivity index (χ4v) is 3.95. The van der Waals surface area contributed by atoms with Gasteiger partial charge in [-0.15, -0.1) is 0 Å². The van der Waals surface area contributed by atoms with Crippen LogP contribution < -0.4 is 19.5 Å². The van der Waals surface area contributed by atoms with Crippen LogP contribution in [0, 0.1) is 5.82 Å². The molecule has 10 heteroatoms. The number of carbonyl (C=O) groups is 1. The highest BCUT2D eigenvalue weighted by Gasteiger charge is 2.18. The molecule has 162 valence electrons. The van der Waals surface area contributed by atoms with Crippen LogP contribution in [0.25, 0.3) is 0 Å². The number of anilines is 2. The number of nitrogens with one attached hydrogen (secondary N) is 2. The summed E-state index contributed by atoms with van der Waals surface area (Å²) in [5, 5.41) is 2.78. The van der Waals surface area contributed by atoms with E-state index in [1.807, 2.05) is 0 Å². The zero-order chi connectivity index (χ0) is 22.6. The summed E-state index contributed by atoms with van der Waals surface area (Å²) < 4.78 is 50.9. The van der Waals surface area contributed by atoms with Crippen LogP contribution in [-0.2, 0) is 10.0 Å². The molecule has 7 nitrogen and oxygen atoms in total. The molecule has 0 aliphatic rings. The van der Waals surface area contributed by atoms with Crippen LogP contribution >= 0.6 is 11.6 Å². The topological polar surface area (TPSA) is 93.7 Å². The van der Waals surface area contributed by atoms with Gasteiger partial charge in [0.15, 0.2) is 0 Å². The SMILES string of the molecule is COc1ccc(NC(=O)c2ccc(Cl)c(NS(=O)(=O)c3ccc(F)cc3)c2)c(OC)c1. The van der Waals surface area contributed by atoms with E-state index in [1.54, 1.807) is 18.2 Å². The number of ether oxygens (including phenoxy) is 2. The molecule has 0 saturated heterocycles. The molecular weight excluding hydrogens is 447 g/mol. The summed E-state index contributed by atoms with van der Waals surface area (Å²) in [5.41, 5.74) is 0.552. The lowest BCUT2D eigenvalue weighted by Gasteiger charge is -2.13. The van der Waals surface area contributed by atoms with Gasteiger partial charge < -0.3 is 14.8 Å². The average Bonchev–Trinajstić information content (AvgIpc) is 2.75. The van der Waals surface area contributed by atoms with Crippen LogP contribution in [0.2, 0.25) is 5.02 Å². The van der Waals surface area contributed by atoms with Crippen LogP contribution in [0.4, 0.5) is 15.8 Å². The average molecular weight is 465 g/mol. The number of carbonyl (C=O) groups excluding carboxylic acids is 1. The minimum absolute atomic E-state index is 0.000313. The van der Waals surface area contributed by atoms with Gasteiger partial charge in [0.1, 0.15) is 17.3 Å².